The quantitative estimate of drug-likeness (QED) is 0.782. The maximum atomic E-state index is 12.3. The Morgan fingerprint density at radius 3 is 2.57 bits per heavy atom. The second kappa shape index (κ2) is 6.13. The number of benzene rings is 2. The van der Waals surface area contributed by atoms with E-state index in [0.29, 0.717) is 17.1 Å². The Labute approximate surface area is 136 Å². The molecule has 2 aromatic carbocycles. The van der Waals surface area contributed by atoms with Crippen molar-refractivity contribution in [2.45, 2.75) is 4.90 Å². The van der Waals surface area contributed by atoms with Gasteiger partial charge in [-0.05, 0) is 46.3 Å². The van der Waals surface area contributed by atoms with Crippen LogP contribution in [0.5, 0.6) is 5.75 Å². The summed E-state index contributed by atoms with van der Waals surface area (Å²) in [5.41, 5.74) is 6.27. The number of hydrogen-bond acceptors (Lipinski definition) is 4. The summed E-state index contributed by atoms with van der Waals surface area (Å²) in [5, 5.41) is 0.186. The molecule has 112 valence electrons. The molecule has 3 N–H and O–H groups in total. The van der Waals surface area contributed by atoms with Crippen LogP contribution in [0.2, 0.25) is 5.02 Å². The summed E-state index contributed by atoms with van der Waals surface area (Å²) >= 11 is 9.15. The van der Waals surface area contributed by atoms with Crippen LogP contribution in [0.4, 0.5) is 11.4 Å². The van der Waals surface area contributed by atoms with E-state index in [1.54, 1.807) is 18.2 Å². The summed E-state index contributed by atoms with van der Waals surface area (Å²) in [4.78, 5) is 0.0311. The maximum absolute atomic E-state index is 12.3. The fourth-order valence-corrected chi connectivity index (χ4v) is 3.34. The smallest absolute Gasteiger partial charge is 0.261 e. The third-order valence-corrected chi connectivity index (χ3v) is 5.05. The van der Waals surface area contributed by atoms with Gasteiger partial charge in [0.1, 0.15) is 5.75 Å². The zero-order valence-corrected chi connectivity index (χ0v) is 14.1. The predicted molar refractivity (Wildman–Crippen MR) is 87.4 cm³/mol. The van der Waals surface area contributed by atoms with Crippen LogP contribution in [0.25, 0.3) is 0 Å². The first kappa shape index (κ1) is 15.9. The fourth-order valence-electron chi connectivity index (χ4n) is 1.61. The molecular formula is C13H12BrClN2O3S. The van der Waals surface area contributed by atoms with Gasteiger partial charge in [0.15, 0.2) is 0 Å². The van der Waals surface area contributed by atoms with Crippen molar-refractivity contribution in [1.82, 2.24) is 0 Å². The molecule has 0 aromatic heterocycles. The molecule has 0 aliphatic carbocycles. The molecule has 0 unspecified atom stereocenters. The van der Waals surface area contributed by atoms with E-state index in [9.17, 15) is 8.42 Å². The molecule has 0 fully saturated rings. The van der Waals surface area contributed by atoms with Crippen molar-refractivity contribution in [3.8, 4) is 5.75 Å². The highest BCUT2D eigenvalue weighted by Gasteiger charge is 2.16. The molecule has 0 aliphatic rings. The van der Waals surface area contributed by atoms with Crippen LogP contribution in [0.15, 0.2) is 45.8 Å². The van der Waals surface area contributed by atoms with Gasteiger partial charge in [0.25, 0.3) is 10.0 Å². The fraction of sp³-hybridized carbons (Fsp3) is 0.0769. The van der Waals surface area contributed by atoms with Crippen molar-refractivity contribution in [1.29, 1.82) is 0 Å². The summed E-state index contributed by atoms with van der Waals surface area (Å²) in [6.45, 7) is 0. The average molecular weight is 392 g/mol. The number of sulfonamides is 1. The molecule has 21 heavy (non-hydrogen) atoms. The highest BCUT2D eigenvalue weighted by Crippen LogP contribution is 2.29. The van der Waals surface area contributed by atoms with Gasteiger partial charge in [0, 0.05) is 6.07 Å². The summed E-state index contributed by atoms with van der Waals surface area (Å²) < 4.78 is 32.9. The van der Waals surface area contributed by atoms with Gasteiger partial charge in [0.05, 0.1) is 32.9 Å². The average Bonchev–Trinajstić information content (AvgIpc) is 2.43. The molecule has 2 aromatic rings. The van der Waals surface area contributed by atoms with E-state index in [0.717, 1.165) is 4.47 Å². The first-order valence-electron chi connectivity index (χ1n) is 5.75. The van der Waals surface area contributed by atoms with Crippen molar-refractivity contribution >= 4 is 48.9 Å². The second-order valence-corrected chi connectivity index (χ2v) is 7.08. The van der Waals surface area contributed by atoms with E-state index in [4.69, 9.17) is 22.1 Å². The number of ether oxygens (including phenoxy) is 1. The summed E-state index contributed by atoms with van der Waals surface area (Å²) in [7, 11) is -2.25. The molecule has 0 spiro atoms. The van der Waals surface area contributed by atoms with Crippen LogP contribution in [-0.2, 0) is 10.0 Å². The zero-order valence-electron chi connectivity index (χ0n) is 10.9. The van der Waals surface area contributed by atoms with Gasteiger partial charge in [-0.1, -0.05) is 11.6 Å². The van der Waals surface area contributed by atoms with Crippen LogP contribution in [0, 0.1) is 0 Å². The van der Waals surface area contributed by atoms with Gasteiger partial charge in [-0.15, -0.1) is 0 Å². The lowest BCUT2D eigenvalue weighted by Gasteiger charge is -2.11. The molecule has 0 amide bonds. The lowest BCUT2D eigenvalue weighted by Crippen LogP contribution is -2.13. The molecule has 0 saturated heterocycles. The van der Waals surface area contributed by atoms with Crippen molar-refractivity contribution in [2.75, 3.05) is 17.6 Å². The van der Waals surface area contributed by atoms with E-state index in [-0.39, 0.29) is 9.92 Å². The minimum Gasteiger partial charge on any atom is -0.495 e. The number of nitrogen functional groups attached to an aromatic ring is 1. The normalized spacial score (nSPS) is 11.2. The van der Waals surface area contributed by atoms with Crippen LogP contribution in [-0.4, -0.2) is 15.5 Å². The first-order valence-corrected chi connectivity index (χ1v) is 8.40. The highest BCUT2D eigenvalue weighted by atomic mass is 79.9. The molecule has 0 aliphatic heterocycles. The van der Waals surface area contributed by atoms with E-state index < -0.39 is 10.0 Å². The minimum atomic E-state index is -3.75. The second-order valence-electron chi connectivity index (χ2n) is 4.14. The number of hydrogen-bond donors (Lipinski definition) is 2. The third-order valence-electron chi connectivity index (χ3n) is 2.69. The number of nitrogens with two attached hydrogens (primary N) is 1. The molecule has 0 radical (unpaired) electrons. The number of halogens is 2. The first-order chi connectivity index (χ1) is 9.83. The van der Waals surface area contributed by atoms with Crippen LogP contribution < -0.4 is 15.2 Å². The molecule has 0 bridgehead atoms. The van der Waals surface area contributed by atoms with Crippen molar-refractivity contribution in [3.63, 3.8) is 0 Å². The molecule has 8 heteroatoms. The summed E-state index contributed by atoms with van der Waals surface area (Å²) in [6, 6.07) is 9.00. The van der Waals surface area contributed by atoms with Gasteiger partial charge in [-0.25, -0.2) is 8.42 Å². The molecule has 0 saturated carbocycles. The van der Waals surface area contributed by atoms with E-state index in [1.165, 1.54) is 25.3 Å². The molecular weight excluding hydrogens is 380 g/mol. The Balaban J connectivity index is 2.35. The van der Waals surface area contributed by atoms with Crippen LogP contribution in [0.1, 0.15) is 0 Å². The van der Waals surface area contributed by atoms with E-state index >= 15 is 0 Å². The Hall–Kier alpha value is -1.44. The van der Waals surface area contributed by atoms with Gasteiger partial charge < -0.3 is 10.5 Å². The van der Waals surface area contributed by atoms with Gasteiger partial charge in [-0.2, -0.15) is 0 Å². The number of anilines is 2. The lowest BCUT2D eigenvalue weighted by atomic mass is 10.3. The van der Waals surface area contributed by atoms with Crippen molar-refractivity contribution in [2.24, 2.45) is 0 Å². The third kappa shape index (κ3) is 3.61. The van der Waals surface area contributed by atoms with E-state index in [1.807, 2.05) is 0 Å². The summed E-state index contributed by atoms with van der Waals surface area (Å²) in [5.74, 6) is 0.519. The van der Waals surface area contributed by atoms with Gasteiger partial charge in [-0.3, -0.25) is 4.72 Å². The molecule has 0 atom stereocenters. The standard InChI is InChI=1S/C13H12BrClN2O3S/c1-20-13-6-8(2-4-10(13)14)17-21(18,19)9-3-5-12(16)11(15)7-9/h2-7,17H,16H2,1H3. The van der Waals surface area contributed by atoms with E-state index in [2.05, 4.69) is 20.7 Å². The topological polar surface area (TPSA) is 81.4 Å². The Kier molecular flexibility index (Phi) is 4.65. The molecule has 5 nitrogen and oxygen atoms in total. The monoisotopic (exact) mass is 390 g/mol. The Bertz CT molecular complexity index is 781. The van der Waals surface area contributed by atoms with Crippen LogP contribution >= 0.6 is 27.5 Å². The lowest BCUT2D eigenvalue weighted by molar-refractivity contribution is 0.412. The number of rotatable bonds is 4. The van der Waals surface area contributed by atoms with Gasteiger partial charge in [0.2, 0.25) is 0 Å². The van der Waals surface area contributed by atoms with Crippen molar-refractivity contribution in [3.05, 3.63) is 45.9 Å². The molecule has 2 rings (SSSR count). The number of methoxy groups -OCH3 is 1. The van der Waals surface area contributed by atoms with Gasteiger partial charge >= 0.3 is 0 Å². The number of nitrogens with one attached hydrogen (secondary N) is 1. The predicted octanol–water partition coefficient (Wildman–Crippen LogP) is 3.49. The SMILES string of the molecule is COc1cc(NS(=O)(=O)c2ccc(N)c(Cl)c2)ccc1Br. The largest absolute Gasteiger partial charge is 0.495 e. The Morgan fingerprint density at radius 1 is 1.24 bits per heavy atom. The minimum absolute atomic E-state index is 0.0311. The van der Waals surface area contributed by atoms with Crippen LogP contribution in [0.3, 0.4) is 0 Å². The Morgan fingerprint density at radius 2 is 1.95 bits per heavy atom. The maximum Gasteiger partial charge on any atom is 0.261 e. The van der Waals surface area contributed by atoms with Crippen molar-refractivity contribution < 1.29 is 13.2 Å². The zero-order chi connectivity index (χ0) is 15.6. The summed E-state index contributed by atoms with van der Waals surface area (Å²) in [6.07, 6.45) is 0. The highest BCUT2D eigenvalue weighted by molar-refractivity contribution is 9.10. The molecule has 0 heterocycles.